The molecule has 2 aromatic rings. The molecule has 2 rings (SSSR count). The van der Waals surface area contributed by atoms with E-state index in [1.54, 1.807) is 11.3 Å². The number of thiophene rings is 1. The van der Waals surface area contributed by atoms with Crippen molar-refractivity contribution in [3.8, 4) is 0 Å². The molecule has 0 aliphatic rings. The molecule has 2 unspecified atom stereocenters. The van der Waals surface area contributed by atoms with E-state index in [-0.39, 0.29) is 12.1 Å². The molecule has 0 radical (unpaired) electrons. The molecular formula is C16H20ClNOS. The lowest BCUT2D eigenvalue weighted by molar-refractivity contribution is 0.0357. The zero-order chi connectivity index (χ0) is 14.4. The molecule has 1 aromatic heterocycles. The highest BCUT2D eigenvalue weighted by Gasteiger charge is 2.19. The van der Waals surface area contributed by atoms with Gasteiger partial charge in [-0.25, -0.2) is 0 Å². The Hall–Kier alpha value is -0.870. The number of hydrogen-bond acceptors (Lipinski definition) is 3. The zero-order valence-corrected chi connectivity index (χ0v) is 13.2. The Bertz CT molecular complexity index is 498. The molecule has 4 heteroatoms. The van der Waals surface area contributed by atoms with Crippen LogP contribution in [-0.4, -0.2) is 12.6 Å². The minimum Gasteiger partial charge on any atom is -0.372 e. The Morgan fingerprint density at radius 1 is 1.25 bits per heavy atom. The van der Waals surface area contributed by atoms with Crippen LogP contribution in [0.2, 0.25) is 5.02 Å². The highest BCUT2D eigenvalue weighted by atomic mass is 35.5. The SMILES string of the molecule is CCC(N)C(OCCc1cccs1)c1ccc(Cl)cc1. The smallest absolute Gasteiger partial charge is 0.0975 e. The number of hydrogen-bond donors (Lipinski definition) is 1. The maximum Gasteiger partial charge on any atom is 0.0975 e. The summed E-state index contributed by atoms with van der Waals surface area (Å²) < 4.78 is 6.03. The topological polar surface area (TPSA) is 35.2 Å². The van der Waals surface area contributed by atoms with Gasteiger partial charge < -0.3 is 10.5 Å². The van der Waals surface area contributed by atoms with Crippen LogP contribution in [0.3, 0.4) is 0 Å². The van der Waals surface area contributed by atoms with Crippen LogP contribution in [0.5, 0.6) is 0 Å². The predicted octanol–water partition coefficient (Wildman–Crippen LogP) is 4.44. The van der Waals surface area contributed by atoms with Gasteiger partial charge in [-0.05, 0) is 35.6 Å². The van der Waals surface area contributed by atoms with Crippen molar-refractivity contribution < 1.29 is 4.74 Å². The van der Waals surface area contributed by atoms with Gasteiger partial charge in [-0.1, -0.05) is 36.7 Å². The number of ether oxygens (including phenoxy) is 1. The second kappa shape index (κ2) is 7.79. The van der Waals surface area contributed by atoms with Gasteiger partial charge in [0.05, 0.1) is 12.7 Å². The first kappa shape index (κ1) is 15.5. The standard InChI is InChI=1S/C16H20ClNOS/c1-2-15(18)16(12-5-7-13(17)8-6-12)19-10-9-14-4-3-11-20-14/h3-8,11,15-16H,2,9-10,18H2,1H3. The van der Waals surface area contributed by atoms with Gasteiger partial charge in [-0.2, -0.15) is 0 Å². The second-order valence-corrected chi connectivity index (χ2v) is 6.21. The van der Waals surface area contributed by atoms with E-state index in [0.717, 1.165) is 23.4 Å². The Morgan fingerprint density at radius 2 is 2.00 bits per heavy atom. The Labute approximate surface area is 129 Å². The minimum atomic E-state index is -0.0720. The second-order valence-electron chi connectivity index (χ2n) is 4.74. The number of benzene rings is 1. The van der Waals surface area contributed by atoms with Crippen molar-refractivity contribution in [2.75, 3.05) is 6.61 Å². The Kier molecular flexibility index (Phi) is 6.05. The molecule has 1 aromatic carbocycles. The average molecular weight is 310 g/mol. The van der Waals surface area contributed by atoms with Crippen molar-refractivity contribution in [2.24, 2.45) is 5.73 Å². The molecule has 1 heterocycles. The van der Waals surface area contributed by atoms with Crippen LogP contribution in [0, 0.1) is 0 Å². The van der Waals surface area contributed by atoms with Crippen molar-refractivity contribution in [1.82, 2.24) is 0 Å². The molecule has 0 bridgehead atoms. The van der Waals surface area contributed by atoms with Gasteiger partial charge >= 0.3 is 0 Å². The minimum absolute atomic E-state index is 0.000453. The van der Waals surface area contributed by atoms with Crippen molar-refractivity contribution in [3.63, 3.8) is 0 Å². The van der Waals surface area contributed by atoms with Crippen molar-refractivity contribution >= 4 is 22.9 Å². The molecule has 0 fully saturated rings. The molecule has 0 aliphatic carbocycles. The van der Waals surface area contributed by atoms with Crippen LogP contribution < -0.4 is 5.73 Å². The summed E-state index contributed by atoms with van der Waals surface area (Å²) in [7, 11) is 0. The summed E-state index contributed by atoms with van der Waals surface area (Å²) in [6, 6.07) is 11.9. The molecular weight excluding hydrogens is 290 g/mol. The predicted molar refractivity (Wildman–Crippen MR) is 86.4 cm³/mol. The molecule has 2 nitrogen and oxygen atoms in total. The average Bonchev–Trinajstić information content (AvgIpc) is 2.97. The largest absolute Gasteiger partial charge is 0.372 e. The lowest BCUT2D eigenvalue weighted by Crippen LogP contribution is -2.30. The Balaban J connectivity index is 1.98. The lowest BCUT2D eigenvalue weighted by atomic mass is 10.0. The van der Waals surface area contributed by atoms with Gasteiger partial charge in [0.1, 0.15) is 0 Å². The number of nitrogens with two attached hydrogens (primary N) is 1. The highest BCUT2D eigenvalue weighted by molar-refractivity contribution is 7.09. The van der Waals surface area contributed by atoms with E-state index < -0.39 is 0 Å². The van der Waals surface area contributed by atoms with Crippen molar-refractivity contribution in [1.29, 1.82) is 0 Å². The summed E-state index contributed by atoms with van der Waals surface area (Å²) >= 11 is 7.69. The van der Waals surface area contributed by atoms with Crippen LogP contribution in [-0.2, 0) is 11.2 Å². The van der Waals surface area contributed by atoms with Crippen molar-refractivity contribution in [3.05, 3.63) is 57.2 Å². The van der Waals surface area contributed by atoms with E-state index in [4.69, 9.17) is 22.1 Å². The monoisotopic (exact) mass is 309 g/mol. The summed E-state index contributed by atoms with van der Waals surface area (Å²) in [4.78, 5) is 1.34. The summed E-state index contributed by atoms with van der Waals surface area (Å²) in [5.74, 6) is 0. The molecule has 2 N–H and O–H groups in total. The van der Waals surface area contributed by atoms with E-state index >= 15 is 0 Å². The van der Waals surface area contributed by atoms with E-state index in [1.165, 1.54) is 4.88 Å². The van der Waals surface area contributed by atoms with E-state index in [2.05, 4.69) is 24.4 Å². The fraction of sp³-hybridized carbons (Fsp3) is 0.375. The number of halogens is 1. The first-order valence-electron chi connectivity index (χ1n) is 6.85. The van der Waals surface area contributed by atoms with E-state index in [1.807, 2.05) is 24.3 Å². The molecule has 20 heavy (non-hydrogen) atoms. The van der Waals surface area contributed by atoms with Crippen LogP contribution in [0.4, 0.5) is 0 Å². The summed E-state index contributed by atoms with van der Waals surface area (Å²) in [5, 5.41) is 2.82. The van der Waals surface area contributed by atoms with Crippen LogP contribution >= 0.6 is 22.9 Å². The molecule has 0 saturated heterocycles. The third-order valence-electron chi connectivity index (χ3n) is 3.28. The van der Waals surface area contributed by atoms with Gasteiger partial charge in [-0.15, -0.1) is 11.3 Å². The molecule has 0 aliphatic heterocycles. The van der Waals surface area contributed by atoms with Gasteiger partial charge in [0.15, 0.2) is 0 Å². The van der Waals surface area contributed by atoms with Crippen LogP contribution in [0.1, 0.15) is 29.9 Å². The molecule has 0 saturated carbocycles. The van der Waals surface area contributed by atoms with Crippen LogP contribution in [0.25, 0.3) is 0 Å². The Morgan fingerprint density at radius 3 is 2.60 bits per heavy atom. The van der Waals surface area contributed by atoms with Gasteiger partial charge in [0, 0.05) is 22.4 Å². The summed E-state index contributed by atoms with van der Waals surface area (Å²) in [6.45, 7) is 2.76. The summed E-state index contributed by atoms with van der Waals surface area (Å²) in [6.07, 6.45) is 1.74. The fourth-order valence-electron chi connectivity index (χ4n) is 2.07. The third kappa shape index (κ3) is 4.32. The number of rotatable bonds is 7. The zero-order valence-electron chi connectivity index (χ0n) is 11.6. The molecule has 2 atom stereocenters. The maximum atomic E-state index is 6.19. The van der Waals surface area contributed by atoms with Crippen molar-refractivity contribution in [2.45, 2.75) is 31.9 Å². The van der Waals surface area contributed by atoms with Gasteiger partial charge in [-0.3, -0.25) is 0 Å². The quantitative estimate of drug-likeness (QED) is 0.820. The first-order chi connectivity index (χ1) is 9.70. The summed E-state index contributed by atoms with van der Waals surface area (Å²) in [5.41, 5.74) is 7.28. The molecule has 108 valence electrons. The maximum absolute atomic E-state index is 6.19. The normalized spacial score (nSPS) is 14.2. The third-order valence-corrected chi connectivity index (χ3v) is 4.47. The first-order valence-corrected chi connectivity index (χ1v) is 8.11. The lowest BCUT2D eigenvalue weighted by Gasteiger charge is -2.24. The van der Waals surface area contributed by atoms with Crippen LogP contribution in [0.15, 0.2) is 41.8 Å². The van der Waals surface area contributed by atoms with Gasteiger partial charge in [0.2, 0.25) is 0 Å². The highest BCUT2D eigenvalue weighted by Crippen LogP contribution is 2.24. The molecule has 0 amide bonds. The molecule has 0 spiro atoms. The van der Waals surface area contributed by atoms with E-state index in [9.17, 15) is 0 Å². The van der Waals surface area contributed by atoms with Gasteiger partial charge in [0.25, 0.3) is 0 Å². The fourth-order valence-corrected chi connectivity index (χ4v) is 2.89. The van der Waals surface area contributed by atoms with E-state index in [0.29, 0.717) is 6.61 Å².